The minimum atomic E-state index is -3.85. The number of hydrogen-bond acceptors (Lipinski definition) is 4. The number of carbonyl (C=O) groups is 1. The second-order valence-corrected chi connectivity index (χ2v) is 7.10. The third-order valence-electron chi connectivity index (χ3n) is 3.06. The fourth-order valence-corrected chi connectivity index (χ4v) is 3.39. The van der Waals surface area contributed by atoms with Crippen LogP contribution in [0, 0.1) is 12.8 Å². The first-order valence-electron chi connectivity index (χ1n) is 6.65. The fraction of sp³-hybridized carbons (Fsp3) is 0.500. The molecule has 0 heterocycles. The molecule has 1 rings (SSSR count). The quantitative estimate of drug-likeness (QED) is 0.705. The van der Waals surface area contributed by atoms with E-state index in [9.17, 15) is 18.3 Å². The van der Waals surface area contributed by atoms with Gasteiger partial charge in [0.05, 0.1) is 16.6 Å². The molecule has 1 aromatic carbocycles. The molecule has 21 heavy (non-hydrogen) atoms. The highest BCUT2D eigenvalue weighted by atomic mass is 32.2. The van der Waals surface area contributed by atoms with Crippen molar-refractivity contribution >= 4 is 16.0 Å². The van der Waals surface area contributed by atoms with Crippen LogP contribution in [0.5, 0.6) is 0 Å². The van der Waals surface area contributed by atoms with Crippen LogP contribution in [0.4, 0.5) is 0 Å². The summed E-state index contributed by atoms with van der Waals surface area (Å²) < 4.78 is 26.7. The van der Waals surface area contributed by atoms with Gasteiger partial charge in [0.1, 0.15) is 0 Å². The highest BCUT2D eigenvalue weighted by Crippen LogP contribution is 2.19. The number of carboxylic acid groups (broad SMARTS) is 1. The predicted molar refractivity (Wildman–Crippen MR) is 78.8 cm³/mol. The van der Waals surface area contributed by atoms with E-state index in [2.05, 4.69) is 4.72 Å². The lowest BCUT2D eigenvalue weighted by molar-refractivity contribution is 0.0695. The number of carboxylic acids is 1. The molecule has 6 nitrogen and oxygen atoms in total. The van der Waals surface area contributed by atoms with Crippen molar-refractivity contribution in [3.05, 3.63) is 29.3 Å². The number of rotatable bonds is 7. The lowest BCUT2D eigenvalue weighted by Gasteiger charge is -2.15. The number of aliphatic hydroxyl groups excluding tert-OH is 1. The minimum Gasteiger partial charge on any atom is -0.478 e. The Hall–Kier alpha value is -1.44. The molecule has 1 unspecified atom stereocenters. The van der Waals surface area contributed by atoms with Gasteiger partial charge in [0.15, 0.2) is 0 Å². The van der Waals surface area contributed by atoms with E-state index >= 15 is 0 Å². The molecule has 0 fully saturated rings. The van der Waals surface area contributed by atoms with Crippen LogP contribution in [0.3, 0.4) is 0 Å². The van der Waals surface area contributed by atoms with E-state index in [-0.39, 0.29) is 28.5 Å². The molecule has 0 spiro atoms. The van der Waals surface area contributed by atoms with Crippen LogP contribution in [0.25, 0.3) is 0 Å². The Morgan fingerprint density at radius 3 is 2.48 bits per heavy atom. The van der Waals surface area contributed by atoms with Gasteiger partial charge in [-0.2, -0.15) is 0 Å². The van der Waals surface area contributed by atoms with Crippen molar-refractivity contribution < 1.29 is 23.4 Å². The maximum Gasteiger partial charge on any atom is 0.335 e. The van der Waals surface area contributed by atoms with Gasteiger partial charge < -0.3 is 10.2 Å². The van der Waals surface area contributed by atoms with Gasteiger partial charge in [0, 0.05) is 6.54 Å². The Morgan fingerprint density at radius 1 is 1.33 bits per heavy atom. The normalized spacial score (nSPS) is 13.4. The summed E-state index contributed by atoms with van der Waals surface area (Å²) in [6.07, 6.45) is -0.292. The summed E-state index contributed by atoms with van der Waals surface area (Å²) in [6, 6.07) is 4.08. The van der Waals surface area contributed by atoms with Crippen LogP contribution < -0.4 is 4.72 Å². The van der Waals surface area contributed by atoms with Gasteiger partial charge in [-0.15, -0.1) is 0 Å². The Labute approximate surface area is 124 Å². The second kappa shape index (κ2) is 7.02. The Kier molecular flexibility index (Phi) is 5.88. The maximum absolute atomic E-state index is 12.2. The fourth-order valence-electron chi connectivity index (χ4n) is 2.05. The molecule has 0 saturated carbocycles. The molecule has 0 aliphatic carbocycles. The van der Waals surface area contributed by atoms with Crippen LogP contribution in [0.2, 0.25) is 0 Å². The Morgan fingerprint density at radius 2 is 1.95 bits per heavy atom. The van der Waals surface area contributed by atoms with Crippen LogP contribution >= 0.6 is 0 Å². The van der Waals surface area contributed by atoms with E-state index in [1.54, 1.807) is 0 Å². The first-order chi connectivity index (χ1) is 9.65. The molecule has 1 atom stereocenters. The smallest absolute Gasteiger partial charge is 0.335 e. The molecule has 0 radical (unpaired) electrons. The maximum atomic E-state index is 12.2. The summed E-state index contributed by atoms with van der Waals surface area (Å²) in [4.78, 5) is 10.9. The van der Waals surface area contributed by atoms with E-state index in [4.69, 9.17) is 5.11 Å². The first-order valence-corrected chi connectivity index (χ1v) is 8.14. The predicted octanol–water partition coefficient (Wildman–Crippen LogP) is 1.38. The van der Waals surface area contributed by atoms with Crippen molar-refractivity contribution in [1.82, 2.24) is 4.72 Å². The van der Waals surface area contributed by atoms with Crippen LogP contribution in [-0.4, -0.2) is 37.2 Å². The largest absolute Gasteiger partial charge is 0.478 e. The van der Waals surface area contributed by atoms with Crippen LogP contribution in [-0.2, 0) is 10.0 Å². The van der Waals surface area contributed by atoms with E-state index in [1.165, 1.54) is 25.1 Å². The average molecular weight is 315 g/mol. The number of aromatic carboxylic acids is 1. The van der Waals surface area contributed by atoms with E-state index in [1.807, 2.05) is 13.8 Å². The molecule has 0 saturated heterocycles. The zero-order valence-corrected chi connectivity index (χ0v) is 13.1. The summed E-state index contributed by atoms with van der Waals surface area (Å²) in [5.41, 5.74) is 0.122. The molecule has 0 aliphatic heterocycles. The first kappa shape index (κ1) is 17.6. The summed E-state index contributed by atoms with van der Waals surface area (Å²) in [5, 5.41) is 18.7. The number of hydrogen-bond donors (Lipinski definition) is 3. The molecule has 1 aromatic rings. The minimum absolute atomic E-state index is 0.0550. The van der Waals surface area contributed by atoms with Gasteiger partial charge in [-0.1, -0.05) is 19.9 Å². The van der Waals surface area contributed by atoms with Gasteiger partial charge in [0.25, 0.3) is 0 Å². The average Bonchev–Trinajstić information content (AvgIpc) is 2.35. The van der Waals surface area contributed by atoms with Crippen molar-refractivity contribution in [2.24, 2.45) is 5.92 Å². The number of aliphatic hydroxyl groups is 1. The molecule has 7 heteroatoms. The topological polar surface area (TPSA) is 104 Å². The zero-order valence-electron chi connectivity index (χ0n) is 12.3. The van der Waals surface area contributed by atoms with Crippen molar-refractivity contribution in [3.8, 4) is 0 Å². The molecule has 0 amide bonds. The van der Waals surface area contributed by atoms with Gasteiger partial charge in [0.2, 0.25) is 10.0 Å². The summed E-state index contributed by atoms with van der Waals surface area (Å²) in [5.74, 6) is -0.925. The van der Waals surface area contributed by atoms with Gasteiger partial charge in [-0.3, -0.25) is 0 Å². The lowest BCUT2D eigenvalue weighted by atomic mass is 10.1. The standard InChI is InChI=1S/C14H21NO5S/c1-9(2)7-11(16)8-15-21(19,20)13-6-4-5-12(10(13)3)14(17)18/h4-6,9,11,15-16H,7-8H2,1-3H3,(H,17,18). The van der Waals surface area contributed by atoms with Crippen molar-refractivity contribution in [1.29, 1.82) is 0 Å². The third-order valence-corrected chi connectivity index (χ3v) is 4.62. The summed E-state index contributed by atoms with van der Waals surface area (Å²) in [7, 11) is -3.85. The zero-order chi connectivity index (χ0) is 16.2. The summed E-state index contributed by atoms with van der Waals surface area (Å²) in [6.45, 7) is 5.20. The Bertz CT molecular complexity index is 610. The molecule has 0 aliphatic rings. The number of sulfonamides is 1. The molecule has 0 aromatic heterocycles. The van der Waals surface area contributed by atoms with E-state index in [0.717, 1.165) is 0 Å². The third kappa shape index (κ3) is 4.80. The van der Waals surface area contributed by atoms with Crippen molar-refractivity contribution in [2.45, 2.75) is 38.2 Å². The molecular formula is C14H21NO5S. The van der Waals surface area contributed by atoms with E-state index < -0.39 is 22.1 Å². The molecule has 0 bridgehead atoms. The highest BCUT2D eigenvalue weighted by Gasteiger charge is 2.21. The summed E-state index contributed by atoms with van der Waals surface area (Å²) >= 11 is 0. The molecule has 3 N–H and O–H groups in total. The van der Waals surface area contributed by atoms with Crippen LogP contribution in [0.1, 0.15) is 36.2 Å². The van der Waals surface area contributed by atoms with Crippen LogP contribution in [0.15, 0.2) is 23.1 Å². The van der Waals surface area contributed by atoms with Crippen molar-refractivity contribution in [3.63, 3.8) is 0 Å². The Balaban J connectivity index is 2.94. The SMILES string of the molecule is Cc1c(C(=O)O)cccc1S(=O)(=O)NCC(O)CC(C)C. The van der Waals surface area contributed by atoms with Gasteiger partial charge in [-0.25, -0.2) is 17.9 Å². The van der Waals surface area contributed by atoms with Gasteiger partial charge in [-0.05, 0) is 37.0 Å². The molecule has 118 valence electrons. The highest BCUT2D eigenvalue weighted by molar-refractivity contribution is 7.89. The van der Waals surface area contributed by atoms with Gasteiger partial charge >= 0.3 is 5.97 Å². The monoisotopic (exact) mass is 315 g/mol. The van der Waals surface area contributed by atoms with E-state index in [0.29, 0.717) is 6.42 Å². The lowest BCUT2D eigenvalue weighted by Crippen LogP contribution is -2.33. The number of nitrogens with one attached hydrogen (secondary N) is 1. The van der Waals surface area contributed by atoms with Crippen molar-refractivity contribution in [2.75, 3.05) is 6.54 Å². The molecular weight excluding hydrogens is 294 g/mol. The second-order valence-electron chi connectivity index (χ2n) is 5.37. The number of benzene rings is 1.